The molecule has 2 aromatic rings. The molecule has 0 aliphatic carbocycles. The largest absolute Gasteiger partial charge is 0.226 e. The van der Waals surface area contributed by atoms with E-state index < -0.39 is 0 Å². The molecule has 0 saturated carbocycles. The Morgan fingerprint density at radius 1 is 1.29 bits per heavy atom. The Hall–Kier alpha value is -0.370. The fraction of sp³-hybridized carbons (Fsp3) is 0.333. The van der Waals surface area contributed by atoms with Crippen molar-refractivity contribution in [3.05, 3.63) is 17.0 Å². The summed E-state index contributed by atoms with van der Waals surface area (Å²) in [7, 11) is 0. The van der Waals surface area contributed by atoms with E-state index in [2.05, 4.69) is 20.2 Å². The first kappa shape index (κ1) is 13.1. The summed E-state index contributed by atoms with van der Waals surface area (Å²) < 4.78 is 1.81. The molecule has 0 atom stereocenters. The third kappa shape index (κ3) is 3.54. The lowest BCUT2D eigenvalue weighted by molar-refractivity contribution is 0.886. The standard InChI is InChI=1S/C9H9ClN4S3/c1-3-6-11-5(10)4-7(12-6)16-9-14-13-8(15-2)17-9/h4H,3H2,1-2H3. The zero-order valence-electron chi connectivity index (χ0n) is 9.18. The lowest BCUT2D eigenvalue weighted by Crippen LogP contribution is -1.94. The van der Waals surface area contributed by atoms with E-state index in [4.69, 9.17) is 11.6 Å². The van der Waals surface area contributed by atoms with Crippen molar-refractivity contribution in [1.82, 2.24) is 20.2 Å². The first-order valence-corrected chi connectivity index (χ1v) is 8.03. The zero-order chi connectivity index (χ0) is 12.3. The van der Waals surface area contributed by atoms with Gasteiger partial charge in [-0.25, -0.2) is 9.97 Å². The van der Waals surface area contributed by atoms with Crippen molar-refractivity contribution in [3.8, 4) is 0 Å². The van der Waals surface area contributed by atoms with Crippen molar-refractivity contribution >= 4 is 46.5 Å². The third-order valence-electron chi connectivity index (χ3n) is 1.79. The van der Waals surface area contributed by atoms with E-state index in [9.17, 15) is 0 Å². The maximum Gasteiger partial charge on any atom is 0.181 e. The molecule has 0 N–H and O–H groups in total. The van der Waals surface area contributed by atoms with Gasteiger partial charge >= 0.3 is 0 Å². The molecule has 0 aromatic carbocycles. The van der Waals surface area contributed by atoms with E-state index in [1.807, 2.05) is 13.2 Å². The molecule has 0 saturated heterocycles. The van der Waals surface area contributed by atoms with Gasteiger partial charge in [-0.2, -0.15) is 0 Å². The second kappa shape index (κ2) is 5.99. The van der Waals surface area contributed by atoms with Crippen molar-refractivity contribution < 1.29 is 0 Å². The van der Waals surface area contributed by atoms with Gasteiger partial charge in [0.05, 0.1) is 0 Å². The van der Waals surface area contributed by atoms with Crippen LogP contribution < -0.4 is 0 Å². The molecule has 17 heavy (non-hydrogen) atoms. The minimum Gasteiger partial charge on any atom is -0.226 e. The molecular weight excluding hydrogens is 296 g/mol. The highest BCUT2D eigenvalue weighted by molar-refractivity contribution is 8.02. The molecule has 0 aliphatic rings. The summed E-state index contributed by atoms with van der Waals surface area (Å²) in [6.45, 7) is 2.00. The summed E-state index contributed by atoms with van der Waals surface area (Å²) in [6.07, 6.45) is 2.74. The molecule has 0 radical (unpaired) electrons. The van der Waals surface area contributed by atoms with Crippen LogP contribution in [0.1, 0.15) is 12.7 Å². The van der Waals surface area contributed by atoms with E-state index in [-0.39, 0.29) is 0 Å². The Kier molecular flexibility index (Phi) is 4.61. The number of aromatic nitrogens is 4. The van der Waals surface area contributed by atoms with Gasteiger partial charge in [0.2, 0.25) is 0 Å². The van der Waals surface area contributed by atoms with Crippen molar-refractivity contribution in [1.29, 1.82) is 0 Å². The van der Waals surface area contributed by atoms with Crippen LogP contribution in [0.5, 0.6) is 0 Å². The van der Waals surface area contributed by atoms with E-state index >= 15 is 0 Å². The topological polar surface area (TPSA) is 51.6 Å². The van der Waals surface area contributed by atoms with Crippen LogP contribution in [0.25, 0.3) is 0 Å². The second-order valence-electron chi connectivity index (χ2n) is 2.94. The Morgan fingerprint density at radius 3 is 2.71 bits per heavy atom. The second-order valence-corrected chi connectivity index (χ2v) is 6.62. The highest BCUT2D eigenvalue weighted by Gasteiger charge is 2.08. The third-order valence-corrected chi connectivity index (χ3v) is 4.85. The highest BCUT2D eigenvalue weighted by atomic mass is 35.5. The van der Waals surface area contributed by atoms with Crippen LogP contribution in [0.3, 0.4) is 0 Å². The number of hydrogen-bond donors (Lipinski definition) is 0. The number of nitrogens with zero attached hydrogens (tertiary/aromatic N) is 4. The van der Waals surface area contributed by atoms with Crippen LogP contribution >= 0.6 is 46.5 Å². The first-order valence-electron chi connectivity index (χ1n) is 4.80. The van der Waals surface area contributed by atoms with Gasteiger partial charge in [0.25, 0.3) is 0 Å². The number of aryl methyl sites for hydroxylation is 1. The number of rotatable bonds is 4. The monoisotopic (exact) mass is 304 g/mol. The van der Waals surface area contributed by atoms with E-state index in [0.29, 0.717) is 5.15 Å². The summed E-state index contributed by atoms with van der Waals surface area (Å²) in [5.41, 5.74) is 0. The fourth-order valence-electron chi connectivity index (χ4n) is 1.06. The predicted octanol–water partition coefficient (Wildman–Crippen LogP) is 3.42. The summed E-state index contributed by atoms with van der Waals surface area (Å²) in [6, 6.07) is 1.74. The lowest BCUT2D eigenvalue weighted by atomic mass is 10.4. The zero-order valence-corrected chi connectivity index (χ0v) is 12.4. The van der Waals surface area contributed by atoms with Crippen LogP contribution in [0.15, 0.2) is 19.8 Å². The van der Waals surface area contributed by atoms with Crippen LogP contribution in [0.4, 0.5) is 0 Å². The van der Waals surface area contributed by atoms with Crippen molar-refractivity contribution in [2.75, 3.05) is 6.26 Å². The molecule has 0 bridgehead atoms. The average Bonchev–Trinajstić information content (AvgIpc) is 2.76. The van der Waals surface area contributed by atoms with Crippen molar-refractivity contribution in [2.24, 2.45) is 0 Å². The molecule has 0 amide bonds. The molecule has 0 fully saturated rings. The number of halogens is 1. The van der Waals surface area contributed by atoms with Crippen LogP contribution in [-0.2, 0) is 6.42 Å². The first-order chi connectivity index (χ1) is 8.21. The summed E-state index contributed by atoms with van der Waals surface area (Å²) in [5, 5.41) is 9.38. The molecule has 2 rings (SSSR count). The van der Waals surface area contributed by atoms with Gasteiger partial charge < -0.3 is 0 Å². The minimum absolute atomic E-state index is 0.467. The molecule has 0 aliphatic heterocycles. The fourth-order valence-corrected chi connectivity index (χ4v) is 3.73. The average molecular weight is 305 g/mol. The Morgan fingerprint density at radius 2 is 2.06 bits per heavy atom. The highest BCUT2D eigenvalue weighted by Crippen LogP contribution is 2.32. The van der Waals surface area contributed by atoms with E-state index in [0.717, 1.165) is 26.0 Å². The maximum absolute atomic E-state index is 5.93. The van der Waals surface area contributed by atoms with Gasteiger partial charge in [-0.3, -0.25) is 0 Å². The Bertz CT molecular complexity index is 517. The summed E-state index contributed by atoms with van der Waals surface area (Å²) >= 11 is 10.5. The predicted molar refractivity (Wildman–Crippen MR) is 72.2 cm³/mol. The van der Waals surface area contributed by atoms with Gasteiger partial charge in [-0.1, -0.05) is 41.6 Å². The number of thioether (sulfide) groups is 1. The Labute approximate surface area is 117 Å². The number of hydrogen-bond acceptors (Lipinski definition) is 7. The summed E-state index contributed by atoms with van der Waals surface area (Å²) in [5.74, 6) is 0.745. The molecule has 90 valence electrons. The molecule has 0 unspecified atom stereocenters. The quantitative estimate of drug-likeness (QED) is 0.637. The van der Waals surface area contributed by atoms with Gasteiger partial charge in [0.1, 0.15) is 16.0 Å². The molecular formula is C9H9ClN4S3. The van der Waals surface area contributed by atoms with Gasteiger partial charge in [0, 0.05) is 12.5 Å². The molecule has 2 aromatic heterocycles. The molecule has 0 spiro atoms. The van der Waals surface area contributed by atoms with Gasteiger partial charge in [-0.05, 0) is 18.0 Å². The Balaban J connectivity index is 2.20. The van der Waals surface area contributed by atoms with Crippen molar-refractivity contribution in [3.63, 3.8) is 0 Å². The lowest BCUT2D eigenvalue weighted by Gasteiger charge is -2.00. The van der Waals surface area contributed by atoms with E-state index in [1.54, 1.807) is 29.2 Å². The van der Waals surface area contributed by atoms with Crippen molar-refractivity contribution in [2.45, 2.75) is 27.0 Å². The molecule has 4 nitrogen and oxygen atoms in total. The van der Waals surface area contributed by atoms with Gasteiger partial charge in [-0.15, -0.1) is 10.2 Å². The SMILES string of the molecule is CCc1nc(Cl)cc(Sc2nnc(SC)s2)n1. The minimum atomic E-state index is 0.467. The maximum atomic E-state index is 5.93. The molecule has 8 heteroatoms. The van der Waals surface area contributed by atoms with Gasteiger partial charge in [0.15, 0.2) is 8.68 Å². The van der Waals surface area contributed by atoms with Crippen LogP contribution in [0.2, 0.25) is 5.15 Å². The summed E-state index contributed by atoms with van der Waals surface area (Å²) in [4.78, 5) is 8.50. The van der Waals surface area contributed by atoms with E-state index in [1.165, 1.54) is 11.8 Å². The normalized spacial score (nSPS) is 10.8. The molecule has 2 heterocycles. The van der Waals surface area contributed by atoms with Crippen LogP contribution in [-0.4, -0.2) is 26.4 Å². The van der Waals surface area contributed by atoms with Crippen LogP contribution in [0, 0.1) is 0 Å². The smallest absolute Gasteiger partial charge is 0.181 e.